The molecule has 13 heavy (non-hydrogen) atoms. The lowest BCUT2D eigenvalue weighted by Gasteiger charge is -2.02. The third-order valence-electron chi connectivity index (χ3n) is 1.90. The van der Waals surface area contributed by atoms with Crippen LogP contribution in [0.1, 0.15) is 24.1 Å². The van der Waals surface area contributed by atoms with Crippen LogP contribution >= 0.6 is 11.6 Å². The van der Waals surface area contributed by atoms with Crippen LogP contribution in [0.25, 0.3) is 0 Å². The van der Waals surface area contributed by atoms with Crippen LogP contribution in [0.5, 0.6) is 0 Å². The summed E-state index contributed by atoms with van der Waals surface area (Å²) in [6.45, 7) is 2.72. The minimum atomic E-state index is 0.586. The molecule has 1 rings (SSSR count). The van der Waals surface area contributed by atoms with Crippen LogP contribution in [0.2, 0.25) is 5.15 Å². The van der Waals surface area contributed by atoms with Crippen LogP contribution in [-0.2, 0) is 6.42 Å². The SMILES string of the molecule is Cc1cc(CCCCN)cc(Cl)n1. The maximum absolute atomic E-state index is 5.83. The van der Waals surface area contributed by atoms with Gasteiger partial charge in [-0.05, 0) is 50.4 Å². The summed E-state index contributed by atoms with van der Waals surface area (Å²) in [4.78, 5) is 4.10. The Kier molecular flexibility index (Phi) is 4.19. The zero-order chi connectivity index (χ0) is 9.68. The number of hydrogen-bond acceptors (Lipinski definition) is 2. The normalized spacial score (nSPS) is 10.4. The summed E-state index contributed by atoms with van der Waals surface area (Å²) in [6, 6.07) is 3.99. The minimum Gasteiger partial charge on any atom is -0.330 e. The van der Waals surface area contributed by atoms with E-state index in [1.807, 2.05) is 13.0 Å². The molecule has 0 saturated heterocycles. The van der Waals surface area contributed by atoms with E-state index in [1.165, 1.54) is 5.56 Å². The summed E-state index contributed by atoms with van der Waals surface area (Å²) < 4.78 is 0. The first kappa shape index (κ1) is 10.5. The molecule has 72 valence electrons. The van der Waals surface area contributed by atoms with Crippen LogP contribution in [0.4, 0.5) is 0 Å². The summed E-state index contributed by atoms with van der Waals surface area (Å²) >= 11 is 5.83. The predicted molar refractivity (Wildman–Crippen MR) is 56.0 cm³/mol. The fraction of sp³-hybridized carbons (Fsp3) is 0.500. The Labute approximate surface area is 84.1 Å². The Balaban J connectivity index is 2.56. The van der Waals surface area contributed by atoms with Gasteiger partial charge in [0, 0.05) is 5.69 Å². The van der Waals surface area contributed by atoms with Crippen LogP contribution in [-0.4, -0.2) is 11.5 Å². The Bertz CT molecular complexity index is 253. The van der Waals surface area contributed by atoms with Gasteiger partial charge in [-0.3, -0.25) is 0 Å². The number of pyridine rings is 1. The van der Waals surface area contributed by atoms with Crippen molar-refractivity contribution in [1.29, 1.82) is 0 Å². The van der Waals surface area contributed by atoms with Gasteiger partial charge in [0.2, 0.25) is 0 Å². The lowest BCUT2D eigenvalue weighted by Crippen LogP contribution is -1.99. The number of halogens is 1. The maximum atomic E-state index is 5.83. The van der Waals surface area contributed by atoms with Crippen molar-refractivity contribution in [1.82, 2.24) is 4.98 Å². The summed E-state index contributed by atoms with van der Waals surface area (Å²) in [5.41, 5.74) is 7.65. The zero-order valence-electron chi connectivity index (χ0n) is 7.89. The number of hydrogen-bond donors (Lipinski definition) is 1. The highest BCUT2D eigenvalue weighted by molar-refractivity contribution is 6.29. The molecule has 0 aliphatic carbocycles. The van der Waals surface area contributed by atoms with Crippen molar-refractivity contribution in [2.24, 2.45) is 5.73 Å². The minimum absolute atomic E-state index is 0.586. The van der Waals surface area contributed by atoms with Gasteiger partial charge in [0.05, 0.1) is 0 Å². The van der Waals surface area contributed by atoms with Gasteiger partial charge in [0.25, 0.3) is 0 Å². The fourth-order valence-electron chi connectivity index (χ4n) is 1.31. The molecule has 0 aromatic carbocycles. The molecule has 0 fully saturated rings. The molecule has 2 N–H and O–H groups in total. The average Bonchev–Trinajstić information content (AvgIpc) is 2.03. The van der Waals surface area contributed by atoms with Gasteiger partial charge in [-0.2, -0.15) is 0 Å². The molecule has 1 heterocycles. The van der Waals surface area contributed by atoms with E-state index in [4.69, 9.17) is 17.3 Å². The Morgan fingerprint density at radius 3 is 2.77 bits per heavy atom. The van der Waals surface area contributed by atoms with Crippen molar-refractivity contribution < 1.29 is 0 Å². The first-order chi connectivity index (χ1) is 6.22. The zero-order valence-corrected chi connectivity index (χ0v) is 8.64. The third kappa shape index (κ3) is 3.75. The first-order valence-electron chi connectivity index (χ1n) is 4.55. The molecule has 1 aromatic rings. The number of nitrogens with zero attached hydrogens (tertiary/aromatic N) is 1. The molecule has 0 unspecified atom stereocenters. The molecule has 0 amide bonds. The van der Waals surface area contributed by atoms with Gasteiger partial charge in [-0.1, -0.05) is 11.6 Å². The van der Waals surface area contributed by atoms with Gasteiger partial charge in [0.15, 0.2) is 0 Å². The summed E-state index contributed by atoms with van der Waals surface area (Å²) in [7, 11) is 0. The van der Waals surface area contributed by atoms with Crippen molar-refractivity contribution in [2.45, 2.75) is 26.2 Å². The van der Waals surface area contributed by atoms with E-state index >= 15 is 0 Å². The molecule has 0 atom stereocenters. The van der Waals surface area contributed by atoms with Gasteiger partial charge < -0.3 is 5.73 Å². The molecule has 3 heteroatoms. The topological polar surface area (TPSA) is 38.9 Å². The number of nitrogens with two attached hydrogens (primary N) is 1. The molecular formula is C10H15ClN2. The lowest BCUT2D eigenvalue weighted by atomic mass is 10.1. The van der Waals surface area contributed by atoms with E-state index in [-0.39, 0.29) is 0 Å². The Hall–Kier alpha value is -0.600. The van der Waals surface area contributed by atoms with E-state index in [2.05, 4.69) is 11.1 Å². The van der Waals surface area contributed by atoms with E-state index in [0.29, 0.717) is 5.15 Å². The smallest absolute Gasteiger partial charge is 0.129 e. The molecule has 0 aliphatic heterocycles. The van der Waals surface area contributed by atoms with Crippen molar-refractivity contribution in [3.8, 4) is 0 Å². The molecule has 0 bridgehead atoms. The first-order valence-corrected chi connectivity index (χ1v) is 4.93. The lowest BCUT2D eigenvalue weighted by molar-refractivity contribution is 0.743. The molecule has 2 nitrogen and oxygen atoms in total. The van der Waals surface area contributed by atoms with E-state index in [1.54, 1.807) is 0 Å². The second-order valence-electron chi connectivity index (χ2n) is 3.19. The van der Waals surface area contributed by atoms with E-state index < -0.39 is 0 Å². The molecular weight excluding hydrogens is 184 g/mol. The molecule has 0 spiro atoms. The van der Waals surface area contributed by atoms with Crippen molar-refractivity contribution in [3.63, 3.8) is 0 Å². The van der Waals surface area contributed by atoms with Crippen molar-refractivity contribution in [2.75, 3.05) is 6.54 Å². The second kappa shape index (κ2) is 5.20. The largest absolute Gasteiger partial charge is 0.330 e. The summed E-state index contributed by atoms with van der Waals surface area (Å²) in [5.74, 6) is 0. The summed E-state index contributed by atoms with van der Waals surface area (Å²) in [5, 5.41) is 0.586. The van der Waals surface area contributed by atoms with Gasteiger partial charge in [-0.15, -0.1) is 0 Å². The monoisotopic (exact) mass is 198 g/mol. The fourth-order valence-corrected chi connectivity index (χ4v) is 1.59. The van der Waals surface area contributed by atoms with E-state index in [0.717, 1.165) is 31.5 Å². The molecule has 0 radical (unpaired) electrons. The van der Waals surface area contributed by atoms with Crippen LogP contribution in [0.3, 0.4) is 0 Å². The van der Waals surface area contributed by atoms with Crippen LogP contribution in [0.15, 0.2) is 12.1 Å². The summed E-state index contributed by atoms with van der Waals surface area (Å²) in [6.07, 6.45) is 3.23. The van der Waals surface area contributed by atoms with Gasteiger partial charge in [0.1, 0.15) is 5.15 Å². The number of unbranched alkanes of at least 4 members (excludes halogenated alkanes) is 1. The maximum Gasteiger partial charge on any atom is 0.129 e. The van der Waals surface area contributed by atoms with Crippen LogP contribution < -0.4 is 5.73 Å². The molecule has 1 aromatic heterocycles. The second-order valence-corrected chi connectivity index (χ2v) is 3.57. The highest BCUT2D eigenvalue weighted by atomic mass is 35.5. The van der Waals surface area contributed by atoms with Gasteiger partial charge >= 0.3 is 0 Å². The predicted octanol–water partition coefficient (Wildman–Crippen LogP) is 2.32. The van der Waals surface area contributed by atoms with Crippen molar-refractivity contribution >= 4 is 11.6 Å². The van der Waals surface area contributed by atoms with Crippen molar-refractivity contribution in [3.05, 3.63) is 28.5 Å². The average molecular weight is 199 g/mol. The van der Waals surface area contributed by atoms with Crippen LogP contribution in [0, 0.1) is 6.92 Å². The standard InChI is InChI=1S/C10H15ClN2/c1-8-6-9(4-2-3-5-12)7-10(11)13-8/h6-7H,2-5,12H2,1H3. The Morgan fingerprint density at radius 1 is 1.38 bits per heavy atom. The molecule has 0 aliphatic rings. The number of aryl methyl sites for hydroxylation is 2. The third-order valence-corrected chi connectivity index (χ3v) is 2.10. The number of aromatic nitrogens is 1. The quantitative estimate of drug-likeness (QED) is 0.596. The van der Waals surface area contributed by atoms with Gasteiger partial charge in [-0.25, -0.2) is 4.98 Å². The Morgan fingerprint density at radius 2 is 2.15 bits per heavy atom. The highest BCUT2D eigenvalue weighted by Gasteiger charge is 1.97. The molecule has 0 saturated carbocycles. The number of rotatable bonds is 4. The highest BCUT2D eigenvalue weighted by Crippen LogP contribution is 2.12. The van der Waals surface area contributed by atoms with E-state index in [9.17, 15) is 0 Å².